The zero-order valence-corrected chi connectivity index (χ0v) is 14.9. The van der Waals surface area contributed by atoms with Crippen molar-refractivity contribution in [2.24, 2.45) is 0 Å². The summed E-state index contributed by atoms with van der Waals surface area (Å²) in [5, 5.41) is 7.00. The van der Waals surface area contributed by atoms with Crippen molar-refractivity contribution in [2.45, 2.75) is 38.6 Å². The van der Waals surface area contributed by atoms with Gasteiger partial charge in [-0.05, 0) is 25.3 Å². The Balaban J connectivity index is 1.42. The molecule has 0 fully saturated rings. The van der Waals surface area contributed by atoms with E-state index in [1.807, 2.05) is 55.5 Å². The van der Waals surface area contributed by atoms with E-state index >= 15 is 0 Å². The van der Waals surface area contributed by atoms with Gasteiger partial charge in [0, 0.05) is 24.4 Å². The van der Waals surface area contributed by atoms with Gasteiger partial charge < -0.3 is 9.84 Å². The first-order valence-corrected chi connectivity index (χ1v) is 8.92. The number of rotatable bonds is 8. The molecule has 1 amide bonds. The van der Waals surface area contributed by atoms with Crippen LogP contribution in [0.15, 0.2) is 65.2 Å². The Labute approximate surface area is 153 Å². The summed E-state index contributed by atoms with van der Waals surface area (Å²) >= 11 is 0. The van der Waals surface area contributed by atoms with Gasteiger partial charge in [-0.1, -0.05) is 65.8 Å². The van der Waals surface area contributed by atoms with Crippen molar-refractivity contribution in [1.29, 1.82) is 0 Å². The summed E-state index contributed by atoms with van der Waals surface area (Å²) in [6, 6.07) is 20.1. The molecule has 3 rings (SSSR count). The van der Waals surface area contributed by atoms with Gasteiger partial charge in [0.2, 0.25) is 17.6 Å². The lowest BCUT2D eigenvalue weighted by Gasteiger charge is -2.13. The zero-order chi connectivity index (χ0) is 18.2. The van der Waals surface area contributed by atoms with Crippen molar-refractivity contribution in [3.05, 3.63) is 72.1 Å². The van der Waals surface area contributed by atoms with E-state index in [9.17, 15) is 4.79 Å². The van der Waals surface area contributed by atoms with Gasteiger partial charge in [0.05, 0.1) is 0 Å². The van der Waals surface area contributed by atoms with Gasteiger partial charge in [-0.25, -0.2) is 0 Å². The highest BCUT2D eigenvalue weighted by atomic mass is 16.5. The molecular formula is C21H23N3O2. The van der Waals surface area contributed by atoms with Crippen LogP contribution in [0.4, 0.5) is 0 Å². The minimum atomic E-state index is 0.00465. The summed E-state index contributed by atoms with van der Waals surface area (Å²) in [7, 11) is 0. The molecule has 0 aliphatic rings. The van der Waals surface area contributed by atoms with Gasteiger partial charge >= 0.3 is 0 Å². The topological polar surface area (TPSA) is 68.0 Å². The minimum absolute atomic E-state index is 0.00465. The number of aryl methyl sites for hydroxylation is 2. The quantitative estimate of drug-likeness (QED) is 0.671. The van der Waals surface area contributed by atoms with E-state index in [4.69, 9.17) is 4.52 Å². The predicted octanol–water partition coefficient (Wildman–Crippen LogP) is 3.81. The molecule has 1 atom stereocenters. The predicted molar refractivity (Wildman–Crippen MR) is 100 cm³/mol. The van der Waals surface area contributed by atoms with Gasteiger partial charge in [-0.2, -0.15) is 4.98 Å². The number of nitrogens with one attached hydrogen (secondary N) is 1. The van der Waals surface area contributed by atoms with Crippen molar-refractivity contribution in [3.63, 3.8) is 0 Å². The van der Waals surface area contributed by atoms with Crippen LogP contribution in [0.3, 0.4) is 0 Å². The van der Waals surface area contributed by atoms with Gasteiger partial charge in [-0.3, -0.25) is 4.79 Å². The Morgan fingerprint density at radius 1 is 1.04 bits per heavy atom. The number of hydrogen-bond donors (Lipinski definition) is 1. The van der Waals surface area contributed by atoms with Crippen molar-refractivity contribution in [3.8, 4) is 11.4 Å². The Hall–Kier alpha value is -2.95. The summed E-state index contributed by atoms with van der Waals surface area (Å²) in [4.78, 5) is 16.5. The molecular weight excluding hydrogens is 326 g/mol. The van der Waals surface area contributed by atoms with Gasteiger partial charge in [-0.15, -0.1) is 0 Å². The summed E-state index contributed by atoms with van der Waals surface area (Å²) in [6.07, 6.45) is 2.64. The van der Waals surface area contributed by atoms with Crippen LogP contribution in [0.25, 0.3) is 11.4 Å². The standard InChI is InChI=1S/C21H23N3O2/c1-16(12-13-17-8-4-2-5-9-17)22-19(25)14-15-20-23-21(24-26-20)18-10-6-3-7-11-18/h2-11,16H,12-15H2,1H3,(H,22,25)/t16-/m0/s1. The first kappa shape index (κ1) is 17.9. The molecule has 26 heavy (non-hydrogen) atoms. The monoisotopic (exact) mass is 349 g/mol. The maximum absolute atomic E-state index is 12.1. The number of amides is 1. The Morgan fingerprint density at radius 3 is 2.46 bits per heavy atom. The SMILES string of the molecule is C[C@@H](CCc1ccccc1)NC(=O)CCc1nc(-c2ccccc2)no1. The highest BCUT2D eigenvalue weighted by molar-refractivity contribution is 5.76. The van der Waals surface area contributed by atoms with Crippen LogP contribution in [-0.4, -0.2) is 22.1 Å². The van der Waals surface area contributed by atoms with E-state index in [-0.39, 0.29) is 11.9 Å². The van der Waals surface area contributed by atoms with Crippen LogP contribution in [0.5, 0.6) is 0 Å². The molecule has 0 aliphatic heterocycles. The van der Waals surface area contributed by atoms with E-state index in [1.54, 1.807) is 0 Å². The van der Waals surface area contributed by atoms with Crippen LogP contribution >= 0.6 is 0 Å². The van der Waals surface area contributed by atoms with Crippen molar-refractivity contribution in [1.82, 2.24) is 15.5 Å². The minimum Gasteiger partial charge on any atom is -0.354 e. The fraction of sp³-hybridized carbons (Fsp3) is 0.286. The summed E-state index contributed by atoms with van der Waals surface area (Å²) in [6.45, 7) is 2.03. The van der Waals surface area contributed by atoms with Gasteiger partial charge in [0.15, 0.2) is 0 Å². The summed E-state index contributed by atoms with van der Waals surface area (Å²) in [5.74, 6) is 1.04. The highest BCUT2D eigenvalue weighted by Crippen LogP contribution is 2.15. The second-order valence-electron chi connectivity index (χ2n) is 6.37. The third-order valence-corrected chi connectivity index (χ3v) is 4.18. The third kappa shape index (κ3) is 5.28. The average molecular weight is 349 g/mol. The summed E-state index contributed by atoms with van der Waals surface area (Å²) in [5.41, 5.74) is 2.19. The second kappa shape index (κ2) is 8.94. The number of hydrogen-bond acceptors (Lipinski definition) is 4. The molecule has 1 aromatic heterocycles. The molecule has 0 saturated carbocycles. The van der Waals surface area contributed by atoms with Gasteiger partial charge in [0.25, 0.3) is 0 Å². The van der Waals surface area contributed by atoms with E-state index < -0.39 is 0 Å². The van der Waals surface area contributed by atoms with Gasteiger partial charge in [0.1, 0.15) is 0 Å². The van der Waals surface area contributed by atoms with Crippen molar-refractivity contribution in [2.75, 3.05) is 0 Å². The fourth-order valence-corrected chi connectivity index (χ4v) is 2.73. The lowest BCUT2D eigenvalue weighted by molar-refractivity contribution is -0.121. The molecule has 0 radical (unpaired) electrons. The Kier molecular flexibility index (Phi) is 6.14. The number of carbonyl (C=O) groups excluding carboxylic acids is 1. The molecule has 3 aromatic rings. The molecule has 1 heterocycles. The van der Waals surface area contributed by atoms with Crippen LogP contribution in [0.2, 0.25) is 0 Å². The van der Waals surface area contributed by atoms with Crippen LogP contribution in [-0.2, 0) is 17.6 Å². The van der Waals surface area contributed by atoms with E-state index in [2.05, 4.69) is 27.6 Å². The average Bonchev–Trinajstić information content (AvgIpc) is 3.15. The number of carbonyl (C=O) groups is 1. The lowest BCUT2D eigenvalue weighted by Crippen LogP contribution is -2.33. The fourth-order valence-electron chi connectivity index (χ4n) is 2.73. The summed E-state index contributed by atoms with van der Waals surface area (Å²) < 4.78 is 5.24. The zero-order valence-electron chi connectivity index (χ0n) is 14.9. The Morgan fingerprint density at radius 2 is 1.73 bits per heavy atom. The molecule has 0 spiro atoms. The number of benzene rings is 2. The molecule has 134 valence electrons. The maximum Gasteiger partial charge on any atom is 0.227 e. The number of nitrogens with zero attached hydrogens (tertiary/aromatic N) is 2. The largest absolute Gasteiger partial charge is 0.354 e. The van der Waals surface area contributed by atoms with E-state index in [0.717, 1.165) is 18.4 Å². The number of aromatic nitrogens is 2. The normalized spacial score (nSPS) is 11.9. The molecule has 5 nitrogen and oxygen atoms in total. The third-order valence-electron chi connectivity index (χ3n) is 4.18. The first-order chi connectivity index (χ1) is 12.7. The lowest BCUT2D eigenvalue weighted by atomic mass is 10.1. The molecule has 0 saturated heterocycles. The maximum atomic E-state index is 12.1. The van der Waals surface area contributed by atoms with E-state index in [1.165, 1.54) is 5.56 Å². The van der Waals surface area contributed by atoms with Crippen LogP contribution in [0, 0.1) is 0 Å². The second-order valence-corrected chi connectivity index (χ2v) is 6.37. The smallest absolute Gasteiger partial charge is 0.227 e. The Bertz CT molecular complexity index is 816. The molecule has 0 bridgehead atoms. The molecule has 1 N–H and O–H groups in total. The molecule has 5 heteroatoms. The van der Waals surface area contributed by atoms with Crippen molar-refractivity contribution >= 4 is 5.91 Å². The molecule has 2 aromatic carbocycles. The molecule has 0 aliphatic carbocycles. The van der Waals surface area contributed by atoms with E-state index in [0.29, 0.717) is 24.6 Å². The van der Waals surface area contributed by atoms with Crippen LogP contribution < -0.4 is 5.32 Å². The van der Waals surface area contributed by atoms with Crippen molar-refractivity contribution < 1.29 is 9.32 Å². The van der Waals surface area contributed by atoms with Crippen LogP contribution in [0.1, 0.15) is 31.2 Å². The highest BCUT2D eigenvalue weighted by Gasteiger charge is 2.12. The first-order valence-electron chi connectivity index (χ1n) is 8.92. The molecule has 0 unspecified atom stereocenters.